The molecule has 0 aliphatic heterocycles. The van der Waals surface area contributed by atoms with Crippen molar-refractivity contribution in [3.63, 3.8) is 0 Å². The Labute approximate surface area is 130 Å². The third-order valence-electron chi connectivity index (χ3n) is 4.37. The summed E-state index contributed by atoms with van der Waals surface area (Å²) < 4.78 is 27.8. The summed E-state index contributed by atoms with van der Waals surface area (Å²) in [7, 11) is 1.79. The Balaban J connectivity index is 2.22. The molecule has 2 rings (SSSR count). The van der Waals surface area contributed by atoms with Gasteiger partial charge < -0.3 is 10.2 Å². The van der Waals surface area contributed by atoms with Gasteiger partial charge in [-0.1, -0.05) is 25.8 Å². The normalized spacial score (nSPS) is 16.7. The SMILES string of the molecule is CNCC(C)C(=O)N(Cc1c(F)cccc1F)C1CCCC1. The largest absolute Gasteiger partial charge is 0.335 e. The van der Waals surface area contributed by atoms with Gasteiger partial charge in [0.2, 0.25) is 5.91 Å². The lowest BCUT2D eigenvalue weighted by atomic mass is 10.1. The second kappa shape index (κ2) is 7.68. The van der Waals surface area contributed by atoms with Crippen molar-refractivity contribution in [1.82, 2.24) is 10.2 Å². The van der Waals surface area contributed by atoms with Crippen LogP contribution in [0.25, 0.3) is 0 Å². The van der Waals surface area contributed by atoms with Crippen molar-refractivity contribution >= 4 is 5.91 Å². The van der Waals surface area contributed by atoms with E-state index in [1.165, 1.54) is 18.2 Å². The van der Waals surface area contributed by atoms with Crippen molar-refractivity contribution in [1.29, 1.82) is 0 Å². The molecule has 0 heterocycles. The molecule has 5 heteroatoms. The topological polar surface area (TPSA) is 32.3 Å². The summed E-state index contributed by atoms with van der Waals surface area (Å²) in [5.74, 6) is -1.42. The van der Waals surface area contributed by atoms with Gasteiger partial charge in [-0.25, -0.2) is 8.78 Å². The fourth-order valence-electron chi connectivity index (χ4n) is 3.13. The van der Waals surface area contributed by atoms with Crippen LogP contribution in [0.3, 0.4) is 0 Å². The molecule has 22 heavy (non-hydrogen) atoms. The van der Waals surface area contributed by atoms with E-state index < -0.39 is 11.6 Å². The van der Waals surface area contributed by atoms with Crippen LogP contribution in [0.2, 0.25) is 0 Å². The summed E-state index contributed by atoms with van der Waals surface area (Å²) >= 11 is 0. The van der Waals surface area contributed by atoms with Crippen LogP contribution >= 0.6 is 0 Å². The fraction of sp³-hybridized carbons (Fsp3) is 0.588. The molecule has 0 spiro atoms. The lowest BCUT2D eigenvalue weighted by Crippen LogP contribution is -2.43. The Hall–Kier alpha value is -1.49. The summed E-state index contributed by atoms with van der Waals surface area (Å²) in [6.07, 6.45) is 3.95. The average Bonchev–Trinajstić information content (AvgIpc) is 3.00. The molecule has 122 valence electrons. The summed E-state index contributed by atoms with van der Waals surface area (Å²) in [6.45, 7) is 2.41. The second-order valence-corrected chi connectivity index (χ2v) is 6.06. The molecule has 1 aromatic carbocycles. The maximum Gasteiger partial charge on any atom is 0.227 e. The van der Waals surface area contributed by atoms with Gasteiger partial charge in [0.25, 0.3) is 0 Å². The highest BCUT2D eigenvalue weighted by molar-refractivity contribution is 5.79. The van der Waals surface area contributed by atoms with E-state index in [4.69, 9.17) is 0 Å². The quantitative estimate of drug-likeness (QED) is 0.876. The van der Waals surface area contributed by atoms with Crippen LogP contribution in [0.5, 0.6) is 0 Å². The highest BCUT2D eigenvalue weighted by atomic mass is 19.1. The van der Waals surface area contributed by atoms with Crippen molar-refractivity contribution < 1.29 is 13.6 Å². The molecule has 1 saturated carbocycles. The molecule has 0 saturated heterocycles. The number of carbonyl (C=O) groups excluding carboxylic acids is 1. The zero-order valence-corrected chi connectivity index (χ0v) is 13.2. The molecule has 1 aromatic rings. The molecular formula is C17H24F2N2O. The fourth-order valence-corrected chi connectivity index (χ4v) is 3.13. The van der Waals surface area contributed by atoms with Gasteiger partial charge in [0.1, 0.15) is 11.6 Å². The molecule has 1 N–H and O–H groups in total. The van der Waals surface area contributed by atoms with Gasteiger partial charge in [-0.05, 0) is 32.0 Å². The van der Waals surface area contributed by atoms with Gasteiger partial charge >= 0.3 is 0 Å². The standard InChI is InChI=1S/C17H24F2N2O/c1-12(10-20-2)17(22)21(13-6-3-4-7-13)11-14-15(18)8-5-9-16(14)19/h5,8-9,12-13,20H,3-4,6-7,10-11H2,1-2H3. The van der Waals surface area contributed by atoms with Crippen LogP contribution in [0.15, 0.2) is 18.2 Å². The van der Waals surface area contributed by atoms with E-state index in [1.54, 1.807) is 11.9 Å². The number of amides is 1. The third kappa shape index (κ3) is 3.83. The van der Waals surface area contributed by atoms with Crippen LogP contribution in [0.1, 0.15) is 38.2 Å². The monoisotopic (exact) mass is 310 g/mol. The predicted molar refractivity (Wildman–Crippen MR) is 82.3 cm³/mol. The number of hydrogen-bond acceptors (Lipinski definition) is 2. The van der Waals surface area contributed by atoms with E-state index >= 15 is 0 Å². The Morgan fingerprint density at radius 2 is 1.91 bits per heavy atom. The number of rotatable bonds is 6. The van der Waals surface area contributed by atoms with Gasteiger partial charge in [0, 0.05) is 24.1 Å². The highest BCUT2D eigenvalue weighted by Gasteiger charge is 2.30. The van der Waals surface area contributed by atoms with E-state index in [0.29, 0.717) is 6.54 Å². The molecule has 3 nitrogen and oxygen atoms in total. The molecular weight excluding hydrogens is 286 g/mol. The average molecular weight is 310 g/mol. The minimum atomic E-state index is -0.586. The zero-order chi connectivity index (χ0) is 16.1. The predicted octanol–water partition coefficient (Wildman–Crippen LogP) is 3.09. The van der Waals surface area contributed by atoms with E-state index in [0.717, 1.165) is 25.7 Å². The van der Waals surface area contributed by atoms with Crippen LogP contribution in [0, 0.1) is 17.6 Å². The Bertz CT molecular complexity index is 495. The molecule has 1 amide bonds. The number of benzene rings is 1. The zero-order valence-electron chi connectivity index (χ0n) is 13.2. The highest BCUT2D eigenvalue weighted by Crippen LogP contribution is 2.27. The Kier molecular flexibility index (Phi) is 5.89. The maximum absolute atomic E-state index is 13.9. The Morgan fingerprint density at radius 1 is 1.32 bits per heavy atom. The van der Waals surface area contributed by atoms with E-state index in [9.17, 15) is 13.6 Å². The van der Waals surface area contributed by atoms with Gasteiger partial charge in [0.15, 0.2) is 0 Å². The summed E-state index contributed by atoms with van der Waals surface area (Å²) in [6, 6.07) is 3.92. The van der Waals surface area contributed by atoms with Crippen molar-refractivity contribution in [3.05, 3.63) is 35.4 Å². The van der Waals surface area contributed by atoms with E-state index in [2.05, 4.69) is 5.32 Å². The molecule has 0 radical (unpaired) electrons. The molecule has 0 bridgehead atoms. The number of carbonyl (C=O) groups is 1. The molecule has 1 aliphatic carbocycles. The lowest BCUT2D eigenvalue weighted by Gasteiger charge is -2.31. The third-order valence-corrected chi connectivity index (χ3v) is 4.37. The number of hydrogen-bond donors (Lipinski definition) is 1. The summed E-state index contributed by atoms with van der Waals surface area (Å²) in [4.78, 5) is 14.4. The maximum atomic E-state index is 13.9. The van der Waals surface area contributed by atoms with Crippen LogP contribution in [-0.2, 0) is 11.3 Å². The van der Waals surface area contributed by atoms with Crippen LogP contribution in [0.4, 0.5) is 8.78 Å². The van der Waals surface area contributed by atoms with Gasteiger partial charge in [-0.15, -0.1) is 0 Å². The first-order valence-corrected chi connectivity index (χ1v) is 7.92. The van der Waals surface area contributed by atoms with Crippen molar-refractivity contribution in [2.75, 3.05) is 13.6 Å². The van der Waals surface area contributed by atoms with Gasteiger partial charge in [-0.3, -0.25) is 4.79 Å². The smallest absolute Gasteiger partial charge is 0.227 e. The van der Waals surface area contributed by atoms with Gasteiger partial charge in [-0.2, -0.15) is 0 Å². The van der Waals surface area contributed by atoms with Crippen molar-refractivity contribution in [2.24, 2.45) is 5.92 Å². The number of nitrogens with one attached hydrogen (secondary N) is 1. The molecule has 1 atom stereocenters. The van der Waals surface area contributed by atoms with Crippen molar-refractivity contribution in [2.45, 2.75) is 45.2 Å². The molecule has 1 unspecified atom stereocenters. The van der Waals surface area contributed by atoms with Crippen molar-refractivity contribution in [3.8, 4) is 0 Å². The minimum absolute atomic E-state index is 0.00998. The number of halogens is 2. The van der Waals surface area contributed by atoms with E-state index in [1.807, 2.05) is 6.92 Å². The second-order valence-electron chi connectivity index (χ2n) is 6.06. The first-order valence-electron chi connectivity index (χ1n) is 7.92. The molecule has 1 aliphatic rings. The van der Waals surface area contributed by atoms with Crippen LogP contribution in [-0.4, -0.2) is 30.4 Å². The molecule has 0 aromatic heterocycles. The summed E-state index contributed by atoms with van der Waals surface area (Å²) in [5, 5.41) is 2.98. The Morgan fingerprint density at radius 3 is 2.45 bits per heavy atom. The first kappa shape index (κ1) is 16.9. The minimum Gasteiger partial charge on any atom is -0.335 e. The summed E-state index contributed by atoms with van der Waals surface area (Å²) in [5.41, 5.74) is -0.0144. The first-order chi connectivity index (χ1) is 10.5. The van der Waals surface area contributed by atoms with Gasteiger partial charge in [0.05, 0.1) is 6.54 Å². The molecule has 1 fully saturated rings. The van der Waals surface area contributed by atoms with Crippen LogP contribution < -0.4 is 5.32 Å². The van der Waals surface area contributed by atoms with E-state index in [-0.39, 0.29) is 30.0 Å². The number of nitrogens with zero attached hydrogens (tertiary/aromatic N) is 1. The lowest BCUT2D eigenvalue weighted by molar-refractivity contribution is -0.138.